The molecule has 4 heteroatoms. The summed E-state index contributed by atoms with van der Waals surface area (Å²) >= 11 is 0. The quantitative estimate of drug-likeness (QED) is 0.842. The van der Waals surface area contributed by atoms with E-state index in [0.29, 0.717) is 0 Å². The van der Waals surface area contributed by atoms with E-state index in [9.17, 15) is 8.78 Å². The van der Waals surface area contributed by atoms with Gasteiger partial charge in [0.25, 0.3) is 5.92 Å². The fourth-order valence-corrected chi connectivity index (χ4v) is 2.08. The third-order valence-electron chi connectivity index (χ3n) is 3.30. The van der Waals surface area contributed by atoms with E-state index < -0.39 is 5.92 Å². The lowest BCUT2D eigenvalue weighted by atomic mass is 10.0. The van der Waals surface area contributed by atoms with Crippen LogP contribution in [-0.4, -0.2) is 25.2 Å². The Morgan fingerprint density at radius 3 is 2.65 bits per heavy atom. The number of halogens is 2. The first-order valence-corrected chi connectivity index (χ1v) is 5.91. The zero-order chi connectivity index (χ0) is 12.4. The molecule has 1 aromatic carbocycles. The smallest absolute Gasteiger partial charge is 0.285 e. The molecule has 94 valence electrons. The summed E-state index contributed by atoms with van der Waals surface area (Å²) in [5.41, 5.74) is -0.139. The summed E-state index contributed by atoms with van der Waals surface area (Å²) < 4.78 is 27.8. The van der Waals surface area contributed by atoms with E-state index in [0.717, 1.165) is 19.5 Å². The molecule has 1 heterocycles. The van der Waals surface area contributed by atoms with Gasteiger partial charge in [0.1, 0.15) is 0 Å². The van der Waals surface area contributed by atoms with Crippen LogP contribution < -0.4 is 10.6 Å². The summed E-state index contributed by atoms with van der Waals surface area (Å²) in [6, 6.07) is 7.97. The van der Waals surface area contributed by atoms with Crippen LogP contribution in [0.1, 0.15) is 18.9 Å². The molecule has 0 aromatic heterocycles. The number of benzene rings is 1. The fourth-order valence-electron chi connectivity index (χ4n) is 2.08. The van der Waals surface area contributed by atoms with Gasteiger partial charge in [0.15, 0.2) is 0 Å². The predicted molar refractivity (Wildman–Crippen MR) is 64.2 cm³/mol. The van der Waals surface area contributed by atoms with Gasteiger partial charge < -0.3 is 10.6 Å². The predicted octanol–water partition coefficient (Wildman–Crippen LogP) is 2.12. The van der Waals surface area contributed by atoms with Gasteiger partial charge in [-0.25, -0.2) is 0 Å². The third-order valence-corrected chi connectivity index (χ3v) is 3.30. The minimum Gasteiger partial charge on any atom is -0.315 e. The Morgan fingerprint density at radius 1 is 1.35 bits per heavy atom. The monoisotopic (exact) mass is 240 g/mol. The number of alkyl halides is 2. The summed E-state index contributed by atoms with van der Waals surface area (Å²) in [5.74, 6) is -2.81. The molecule has 0 spiro atoms. The molecule has 1 aliphatic heterocycles. The maximum absolute atomic E-state index is 13.9. The molecule has 0 radical (unpaired) electrons. The molecule has 0 aliphatic carbocycles. The van der Waals surface area contributed by atoms with Gasteiger partial charge in [-0.2, -0.15) is 8.78 Å². The molecule has 1 saturated heterocycles. The van der Waals surface area contributed by atoms with E-state index in [-0.39, 0.29) is 17.6 Å². The molecular weight excluding hydrogens is 222 g/mol. The van der Waals surface area contributed by atoms with Crippen LogP contribution in [0, 0.1) is 0 Å². The van der Waals surface area contributed by atoms with Gasteiger partial charge in [0.05, 0.1) is 6.54 Å². The molecule has 1 aliphatic rings. The first-order valence-electron chi connectivity index (χ1n) is 5.91. The maximum atomic E-state index is 13.9. The van der Waals surface area contributed by atoms with Crippen molar-refractivity contribution in [2.75, 3.05) is 19.6 Å². The van der Waals surface area contributed by atoms with Crippen LogP contribution in [0.2, 0.25) is 0 Å². The zero-order valence-electron chi connectivity index (χ0n) is 9.97. The molecule has 2 nitrogen and oxygen atoms in total. The van der Waals surface area contributed by atoms with E-state index in [1.807, 2.05) is 6.92 Å². The molecular formula is C13H18F2N2. The molecule has 1 unspecified atom stereocenters. The molecule has 1 aromatic rings. The number of hydrogen-bond acceptors (Lipinski definition) is 2. The molecule has 0 amide bonds. The fraction of sp³-hybridized carbons (Fsp3) is 0.538. The first-order chi connectivity index (χ1) is 8.02. The second-order valence-corrected chi connectivity index (χ2v) is 4.91. The standard InChI is InChI=1S/C13H18F2N2/c1-12(7-8-16-9-12)17-10-13(14,15)11-5-3-2-4-6-11/h2-6,16-17H,7-10H2,1H3. The Labute approximate surface area is 100 Å². The van der Waals surface area contributed by atoms with Gasteiger partial charge in [0, 0.05) is 17.6 Å². The Morgan fingerprint density at radius 2 is 2.06 bits per heavy atom. The number of hydrogen-bond donors (Lipinski definition) is 2. The van der Waals surface area contributed by atoms with Crippen LogP contribution in [-0.2, 0) is 5.92 Å². The van der Waals surface area contributed by atoms with E-state index in [1.54, 1.807) is 18.2 Å². The van der Waals surface area contributed by atoms with Crippen molar-refractivity contribution in [3.63, 3.8) is 0 Å². The van der Waals surface area contributed by atoms with Crippen LogP contribution in [0.15, 0.2) is 30.3 Å². The minimum absolute atomic E-state index is 0.0713. The zero-order valence-corrected chi connectivity index (χ0v) is 9.97. The van der Waals surface area contributed by atoms with Crippen molar-refractivity contribution in [2.24, 2.45) is 0 Å². The Kier molecular flexibility index (Phi) is 3.45. The second kappa shape index (κ2) is 4.70. The van der Waals surface area contributed by atoms with E-state index in [1.165, 1.54) is 12.1 Å². The molecule has 2 rings (SSSR count). The highest BCUT2D eigenvalue weighted by molar-refractivity contribution is 5.20. The lowest BCUT2D eigenvalue weighted by Gasteiger charge is -2.28. The Bertz CT molecular complexity index is 359. The van der Waals surface area contributed by atoms with Gasteiger partial charge in [-0.05, 0) is 19.9 Å². The number of rotatable bonds is 4. The van der Waals surface area contributed by atoms with Gasteiger partial charge in [-0.15, -0.1) is 0 Å². The van der Waals surface area contributed by atoms with Crippen LogP contribution >= 0.6 is 0 Å². The SMILES string of the molecule is CC1(NCC(F)(F)c2ccccc2)CCNC1. The Hall–Kier alpha value is -1.00. The highest BCUT2D eigenvalue weighted by atomic mass is 19.3. The summed E-state index contributed by atoms with van der Waals surface area (Å²) in [4.78, 5) is 0. The lowest BCUT2D eigenvalue weighted by Crippen LogP contribution is -2.48. The van der Waals surface area contributed by atoms with Gasteiger partial charge in [-0.3, -0.25) is 0 Å². The van der Waals surface area contributed by atoms with E-state index in [2.05, 4.69) is 10.6 Å². The van der Waals surface area contributed by atoms with Crippen molar-refractivity contribution in [3.05, 3.63) is 35.9 Å². The topological polar surface area (TPSA) is 24.1 Å². The van der Waals surface area contributed by atoms with Crippen molar-refractivity contribution in [3.8, 4) is 0 Å². The number of nitrogens with one attached hydrogen (secondary N) is 2. The molecule has 0 saturated carbocycles. The van der Waals surface area contributed by atoms with Crippen molar-refractivity contribution in [1.29, 1.82) is 0 Å². The highest BCUT2D eigenvalue weighted by Gasteiger charge is 2.36. The van der Waals surface area contributed by atoms with Crippen LogP contribution in [0.3, 0.4) is 0 Å². The summed E-state index contributed by atoms with van der Waals surface area (Å²) in [5, 5.41) is 6.17. The Balaban J connectivity index is 1.98. The minimum atomic E-state index is -2.81. The first kappa shape index (κ1) is 12.5. The molecule has 1 atom stereocenters. The molecule has 17 heavy (non-hydrogen) atoms. The van der Waals surface area contributed by atoms with Crippen LogP contribution in [0.4, 0.5) is 8.78 Å². The molecule has 2 N–H and O–H groups in total. The van der Waals surface area contributed by atoms with Crippen molar-refractivity contribution in [2.45, 2.75) is 24.8 Å². The normalized spacial score (nSPS) is 25.1. The third kappa shape index (κ3) is 3.01. The van der Waals surface area contributed by atoms with Gasteiger partial charge >= 0.3 is 0 Å². The summed E-state index contributed by atoms with van der Waals surface area (Å²) in [7, 11) is 0. The van der Waals surface area contributed by atoms with Crippen molar-refractivity contribution in [1.82, 2.24) is 10.6 Å². The van der Waals surface area contributed by atoms with E-state index >= 15 is 0 Å². The van der Waals surface area contributed by atoms with E-state index in [4.69, 9.17) is 0 Å². The van der Waals surface area contributed by atoms with Crippen molar-refractivity contribution >= 4 is 0 Å². The average molecular weight is 240 g/mol. The van der Waals surface area contributed by atoms with Crippen molar-refractivity contribution < 1.29 is 8.78 Å². The largest absolute Gasteiger partial charge is 0.315 e. The average Bonchev–Trinajstić information content (AvgIpc) is 2.76. The van der Waals surface area contributed by atoms with Gasteiger partial charge in [0.2, 0.25) is 0 Å². The summed E-state index contributed by atoms with van der Waals surface area (Å²) in [6.07, 6.45) is 0.887. The highest BCUT2D eigenvalue weighted by Crippen LogP contribution is 2.28. The maximum Gasteiger partial charge on any atom is 0.285 e. The lowest BCUT2D eigenvalue weighted by molar-refractivity contribution is -0.00935. The van der Waals surface area contributed by atoms with Gasteiger partial charge in [-0.1, -0.05) is 30.3 Å². The van der Waals surface area contributed by atoms with Crippen LogP contribution in [0.25, 0.3) is 0 Å². The summed E-state index contributed by atoms with van der Waals surface area (Å²) in [6.45, 7) is 3.31. The molecule has 1 fully saturated rings. The second-order valence-electron chi connectivity index (χ2n) is 4.91. The molecule has 0 bridgehead atoms. The van der Waals surface area contributed by atoms with Crippen LogP contribution in [0.5, 0.6) is 0 Å².